The second-order valence-corrected chi connectivity index (χ2v) is 15.6. The molecule has 3 amide bonds. The lowest BCUT2D eigenvalue weighted by Crippen LogP contribution is -2.26. The number of aromatic amines is 2. The first-order chi connectivity index (χ1) is 28.7. The largest absolute Gasteiger partial charge is 0.463 e. The van der Waals surface area contributed by atoms with E-state index in [9.17, 15) is 24.0 Å². The molecular formula is C47H44N6O6. The molecule has 12 heteroatoms. The van der Waals surface area contributed by atoms with E-state index in [-0.39, 0.29) is 17.7 Å². The molecule has 0 saturated carbocycles. The highest BCUT2D eigenvalue weighted by atomic mass is 16.5. The average Bonchev–Trinajstić information content (AvgIpc) is 4.09. The third kappa shape index (κ3) is 6.94. The number of nitrogens with zero attached hydrogens (tertiary/aromatic N) is 2. The number of anilines is 2. The minimum Gasteiger partial charge on any atom is -0.463 e. The fraction of sp³-hybridized carbons (Fsp3) is 0.255. The van der Waals surface area contributed by atoms with Gasteiger partial charge in [-0.15, -0.1) is 0 Å². The summed E-state index contributed by atoms with van der Waals surface area (Å²) in [7, 11) is 1.24. The van der Waals surface area contributed by atoms with Crippen LogP contribution >= 0.6 is 0 Å². The van der Waals surface area contributed by atoms with Gasteiger partial charge in [0.1, 0.15) is 0 Å². The number of primary amides is 1. The van der Waals surface area contributed by atoms with Crippen molar-refractivity contribution in [2.45, 2.75) is 44.9 Å². The Hall–Kier alpha value is -6.95. The molecule has 7 heterocycles. The van der Waals surface area contributed by atoms with Crippen LogP contribution in [-0.2, 0) is 56.0 Å². The number of aromatic nitrogens is 2. The second-order valence-electron chi connectivity index (χ2n) is 15.6. The molecule has 5 aliphatic heterocycles. The zero-order valence-corrected chi connectivity index (χ0v) is 32.8. The van der Waals surface area contributed by atoms with Crippen molar-refractivity contribution in [1.29, 1.82) is 0 Å². The Bertz CT molecular complexity index is 2760. The summed E-state index contributed by atoms with van der Waals surface area (Å²) in [5, 5.41) is 4.54. The number of para-hydroxylation sites is 2. The maximum atomic E-state index is 12.8. The van der Waals surface area contributed by atoms with Crippen LogP contribution in [0.25, 0.3) is 33.0 Å². The summed E-state index contributed by atoms with van der Waals surface area (Å²) in [4.78, 5) is 70.6. The van der Waals surface area contributed by atoms with Gasteiger partial charge in [0.2, 0.25) is 5.91 Å². The van der Waals surface area contributed by atoms with Crippen molar-refractivity contribution >= 4 is 73.8 Å². The van der Waals surface area contributed by atoms with Gasteiger partial charge >= 0.3 is 5.97 Å². The van der Waals surface area contributed by atoms with E-state index in [1.165, 1.54) is 40.7 Å². The Morgan fingerprint density at radius 3 is 1.86 bits per heavy atom. The van der Waals surface area contributed by atoms with Crippen LogP contribution in [0, 0.1) is 0 Å². The summed E-state index contributed by atoms with van der Waals surface area (Å²) in [5.41, 5.74) is 18.8. The van der Waals surface area contributed by atoms with E-state index in [4.69, 9.17) is 5.73 Å². The number of hydrogen-bond donors (Lipinski definition) is 4. The minimum absolute atomic E-state index is 0.296. The third-order valence-corrected chi connectivity index (χ3v) is 12.0. The highest BCUT2D eigenvalue weighted by Crippen LogP contribution is 2.42. The van der Waals surface area contributed by atoms with Crippen LogP contribution in [0.5, 0.6) is 0 Å². The Labute approximate surface area is 340 Å². The number of nitrogens with two attached hydrogens (primary N) is 1. The molecule has 0 fully saturated rings. The fourth-order valence-corrected chi connectivity index (χ4v) is 9.41. The Kier molecular flexibility index (Phi) is 9.84. The van der Waals surface area contributed by atoms with E-state index in [0.29, 0.717) is 23.1 Å². The lowest BCUT2D eigenvalue weighted by molar-refractivity contribution is -0.135. The van der Waals surface area contributed by atoms with Gasteiger partial charge < -0.3 is 30.2 Å². The highest BCUT2D eigenvalue weighted by molar-refractivity contribution is 6.50. The van der Waals surface area contributed by atoms with Crippen LogP contribution < -0.4 is 20.9 Å². The van der Waals surface area contributed by atoms with E-state index in [1.807, 2.05) is 73.1 Å². The predicted molar refractivity (Wildman–Crippen MR) is 227 cm³/mol. The molecule has 0 bridgehead atoms. The summed E-state index contributed by atoms with van der Waals surface area (Å²) in [5.74, 6) is -2.25. The number of benzene rings is 4. The summed E-state index contributed by atoms with van der Waals surface area (Å²) < 4.78 is 4.50. The van der Waals surface area contributed by atoms with Crippen molar-refractivity contribution in [1.82, 2.24) is 15.3 Å². The van der Waals surface area contributed by atoms with Gasteiger partial charge in [0.25, 0.3) is 17.6 Å². The number of ether oxygens (including phenoxy) is 1. The van der Waals surface area contributed by atoms with Gasteiger partial charge in [0, 0.05) is 82.9 Å². The molecule has 12 nitrogen and oxygen atoms in total. The lowest BCUT2D eigenvalue weighted by Gasteiger charge is -2.27. The van der Waals surface area contributed by atoms with Crippen LogP contribution in [0.4, 0.5) is 11.4 Å². The van der Waals surface area contributed by atoms with Gasteiger partial charge in [0.15, 0.2) is 0 Å². The standard InChI is InChI=1S/C23H19N3O2.C14H15NO3.C10H10N2O/c27-22-19(15-10-13-4-3-8-26-9-7-14(11-15)21(13)26)20(23(28)25-22)17-12-24-18-6-2-1-5-16(17)18;1-18-14(17)13(16)11-7-9-3-2-5-15-6-4-10(8-11)12(9)15;11-10(13)5-7-6-12-9-4-2-1-3-8(7)9/h1-2,5-6,10-12,24H,3-4,7-9H2,(H,25,27,28);7-8H,2-6H2,1H3;1-4,6,12H,5H2,(H2,11,13). The zero-order valence-electron chi connectivity index (χ0n) is 32.8. The molecule has 298 valence electrons. The average molecular weight is 789 g/mol. The van der Waals surface area contributed by atoms with E-state index in [2.05, 4.69) is 42.0 Å². The number of esters is 1. The normalized spacial score (nSPS) is 15.9. The molecule has 4 aromatic carbocycles. The number of hydrogen-bond acceptors (Lipinski definition) is 8. The smallest absolute Gasteiger partial charge is 0.379 e. The molecule has 59 heavy (non-hydrogen) atoms. The topological polar surface area (TPSA) is 171 Å². The molecule has 0 unspecified atom stereocenters. The molecule has 6 aromatic rings. The minimum atomic E-state index is -0.784. The molecule has 5 aliphatic rings. The van der Waals surface area contributed by atoms with Crippen LogP contribution in [0.1, 0.15) is 62.1 Å². The van der Waals surface area contributed by atoms with Crippen molar-refractivity contribution in [2.24, 2.45) is 5.73 Å². The van der Waals surface area contributed by atoms with E-state index < -0.39 is 11.8 Å². The van der Waals surface area contributed by atoms with Gasteiger partial charge in [-0.1, -0.05) is 36.4 Å². The number of carbonyl (C=O) groups excluding carboxylic acids is 5. The molecule has 0 radical (unpaired) electrons. The first-order valence-electron chi connectivity index (χ1n) is 20.1. The maximum absolute atomic E-state index is 12.8. The quantitative estimate of drug-likeness (QED) is 0.0733. The molecule has 0 atom stereocenters. The van der Waals surface area contributed by atoms with Crippen molar-refractivity contribution < 1.29 is 28.7 Å². The predicted octanol–water partition coefficient (Wildman–Crippen LogP) is 5.59. The van der Waals surface area contributed by atoms with Crippen LogP contribution in [0.2, 0.25) is 0 Å². The number of carbonyl (C=O) groups is 5. The SMILES string of the molecule is COC(=O)C(=O)c1cc2c3c(c1)CCN3CCC2.NC(=O)Cc1c[nH]c2ccccc12.O=C1NC(=O)C(c2c[nH]c3ccccc23)=C1c1cc2c3c(c1)CCN3CCC2. The molecule has 2 aromatic heterocycles. The number of imide groups is 1. The Morgan fingerprint density at radius 1 is 0.678 bits per heavy atom. The number of Topliss-reactive ketones (excluding diaryl/α,β-unsaturated/α-hetero) is 1. The van der Waals surface area contributed by atoms with Crippen molar-refractivity contribution in [3.63, 3.8) is 0 Å². The number of fused-ring (bicyclic) bond motifs is 2. The number of methoxy groups -OCH3 is 1. The van der Waals surface area contributed by atoms with Gasteiger partial charge in [0.05, 0.1) is 24.7 Å². The molecule has 11 rings (SSSR count). The third-order valence-electron chi connectivity index (χ3n) is 12.0. The Morgan fingerprint density at radius 2 is 1.22 bits per heavy atom. The first kappa shape index (κ1) is 37.6. The highest BCUT2D eigenvalue weighted by Gasteiger charge is 2.35. The lowest BCUT2D eigenvalue weighted by atomic mass is 9.90. The summed E-state index contributed by atoms with van der Waals surface area (Å²) in [6.45, 7) is 4.29. The summed E-state index contributed by atoms with van der Waals surface area (Å²) in [6, 6.07) is 23.6. The number of aryl methyl sites for hydroxylation is 2. The van der Waals surface area contributed by atoms with E-state index >= 15 is 0 Å². The van der Waals surface area contributed by atoms with Crippen LogP contribution in [-0.4, -0.2) is 72.7 Å². The number of H-pyrrole nitrogens is 2. The zero-order chi connectivity index (χ0) is 40.8. The molecular weight excluding hydrogens is 745 g/mol. The summed E-state index contributed by atoms with van der Waals surface area (Å²) in [6.07, 6.45) is 10.2. The van der Waals surface area contributed by atoms with E-state index in [0.717, 1.165) is 103 Å². The first-order valence-corrected chi connectivity index (χ1v) is 20.1. The number of ketones is 1. The van der Waals surface area contributed by atoms with Crippen molar-refractivity contribution in [2.75, 3.05) is 43.1 Å². The number of nitrogens with one attached hydrogen (secondary N) is 3. The van der Waals surface area contributed by atoms with Gasteiger partial charge in [-0.3, -0.25) is 24.5 Å². The van der Waals surface area contributed by atoms with Gasteiger partial charge in [-0.05, 0) is 108 Å². The number of rotatable bonds is 6. The van der Waals surface area contributed by atoms with E-state index in [1.54, 1.807) is 0 Å². The molecule has 0 aliphatic carbocycles. The van der Waals surface area contributed by atoms with Crippen LogP contribution in [0.3, 0.4) is 0 Å². The van der Waals surface area contributed by atoms with Crippen LogP contribution in [0.15, 0.2) is 85.2 Å². The van der Waals surface area contributed by atoms with Gasteiger partial charge in [-0.25, -0.2) is 4.79 Å². The monoisotopic (exact) mass is 788 g/mol. The fourth-order valence-electron chi connectivity index (χ4n) is 9.41. The number of amides is 3. The Balaban J connectivity index is 0.000000124. The molecule has 0 saturated heterocycles. The van der Waals surface area contributed by atoms with Gasteiger partial charge in [-0.2, -0.15) is 0 Å². The summed E-state index contributed by atoms with van der Waals surface area (Å²) >= 11 is 0. The second kappa shape index (κ2) is 15.4. The van der Waals surface area contributed by atoms with Crippen molar-refractivity contribution in [3.8, 4) is 0 Å². The molecule has 0 spiro atoms. The maximum Gasteiger partial charge on any atom is 0.379 e. The van der Waals surface area contributed by atoms with Crippen molar-refractivity contribution in [3.05, 3.63) is 130 Å². The molecule has 5 N–H and O–H groups in total.